The van der Waals surface area contributed by atoms with Crippen LogP contribution in [0.1, 0.15) is 38.7 Å². The molecule has 108 valence electrons. The van der Waals surface area contributed by atoms with Gasteiger partial charge in [-0.25, -0.2) is 0 Å². The molecule has 2 aromatic rings. The molecule has 0 aromatic heterocycles. The van der Waals surface area contributed by atoms with Crippen molar-refractivity contribution >= 4 is 10.8 Å². The second-order valence-corrected chi connectivity index (χ2v) is 6.10. The van der Waals surface area contributed by atoms with Gasteiger partial charge >= 0.3 is 0 Å². The molecule has 2 aromatic carbocycles. The zero-order chi connectivity index (χ0) is 14.5. The fourth-order valence-corrected chi connectivity index (χ4v) is 2.94. The molecule has 0 amide bonds. The molecule has 20 heavy (non-hydrogen) atoms. The summed E-state index contributed by atoms with van der Waals surface area (Å²) in [6.45, 7) is 9.21. The van der Waals surface area contributed by atoms with Crippen LogP contribution in [-0.4, -0.2) is 25.0 Å². The Balaban J connectivity index is 2.32. The first-order valence-corrected chi connectivity index (χ1v) is 7.79. The number of hydrogen-bond acceptors (Lipinski definition) is 1. The van der Waals surface area contributed by atoms with Crippen molar-refractivity contribution in [2.75, 3.05) is 20.1 Å². The molecule has 0 saturated heterocycles. The van der Waals surface area contributed by atoms with Gasteiger partial charge in [-0.3, -0.25) is 0 Å². The first kappa shape index (κ1) is 15.1. The molecule has 1 heteroatoms. The van der Waals surface area contributed by atoms with E-state index in [0.717, 1.165) is 6.54 Å². The summed E-state index contributed by atoms with van der Waals surface area (Å²) < 4.78 is 0. The zero-order valence-corrected chi connectivity index (χ0v) is 13.3. The van der Waals surface area contributed by atoms with E-state index in [1.54, 1.807) is 0 Å². The first-order valence-electron chi connectivity index (χ1n) is 7.79. The van der Waals surface area contributed by atoms with Crippen LogP contribution in [0.2, 0.25) is 0 Å². The van der Waals surface area contributed by atoms with Gasteiger partial charge in [-0.15, -0.1) is 0 Å². The first-order chi connectivity index (χ1) is 9.63. The standard InChI is InChI=1S/C19H27N/c1-5-20(4)14-13-17(15(2)3)19-12-8-10-16-9-6-7-11-18(16)19/h6-12,15,17H,5,13-14H2,1-4H3/t17-/m0/s1. The van der Waals surface area contributed by atoms with Gasteiger partial charge in [0.1, 0.15) is 0 Å². The summed E-state index contributed by atoms with van der Waals surface area (Å²) in [7, 11) is 2.21. The minimum Gasteiger partial charge on any atom is -0.307 e. The van der Waals surface area contributed by atoms with E-state index < -0.39 is 0 Å². The van der Waals surface area contributed by atoms with Crippen molar-refractivity contribution in [3.8, 4) is 0 Å². The minimum absolute atomic E-state index is 0.634. The Hall–Kier alpha value is -1.34. The predicted molar refractivity (Wildman–Crippen MR) is 89.3 cm³/mol. The number of rotatable bonds is 6. The largest absolute Gasteiger partial charge is 0.307 e. The lowest BCUT2D eigenvalue weighted by Crippen LogP contribution is -2.22. The molecule has 0 fully saturated rings. The van der Waals surface area contributed by atoms with Gasteiger partial charge in [-0.05, 0) is 54.7 Å². The third-order valence-corrected chi connectivity index (χ3v) is 4.39. The Morgan fingerprint density at radius 1 is 1.00 bits per heavy atom. The summed E-state index contributed by atoms with van der Waals surface area (Å²) in [6.07, 6.45) is 1.23. The van der Waals surface area contributed by atoms with Crippen molar-refractivity contribution in [3.63, 3.8) is 0 Å². The molecule has 0 N–H and O–H groups in total. The van der Waals surface area contributed by atoms with Crippen LogP contribution in [0.15, 0.2) is 42.5 Å². The van der Waals surface area contributed by atoms with Crippen LogP contribution in [0.3, 0.4) is 0 Å². The molecule has 1 atom stereocenters. The summed E-state index contributed by atoms with van der Waals surface area (Å²) in [4.78, 5) is 2.40. The highest BCUT2D eigenvalue weighted by Crippen LogP contribution is 2.33. The van der Waals surface area contributed by atoms with Crippen LogP contribution in [-0.2, 0) is 0 Å². The Morgan fingerprint density at radius 2 is 1.70 bits per heavy atom. The maximum absolute atomic E-state index is 2.40. The van der Waals surface area contributed by atoms with Gasteiger partial charge in [-0.2, -0.15) is 0 Å². The highest BCUT2D eigenvalue weighted by Gasteiger charge is 2.18. The molecule has 0 bridgehead atoms. The zero-order valence-electron chi connectivity index (χ0n) is 13.3. The van der Waals surface area contributed by atoms with Crippen LogP contribution in [0.4, 0.5) is 0 Å². The van der Waals surface area contributed by atoms with E-state index in [1.807, 2.05) is 0 Å². The number of nitrogens with zero attached hydrogens (tertiary/aromatic N) is 1. The summed E-state index contributed by atoms with van der Waals surface area (Å²) in [6, 6.07) is 15.5. The van der Waals surface area contributed by atoms with Gasteiger partial charge in [0.25, 0.3) is 0 Å². The topological polar surface area (TPSA) is 3.24 Å². The third kappa shape index (κ3) is 3.40. The highest BCUT2D eigenvalue weighted by atomic mass is 15.1. The van der Waals surface area contributed by atoms with E-state index in [4.69, 9.17) is 0 Å². The molecule has 0 heterocycles. The van der Waals surface area contributed by atoms with Gasteiger partial charge < -0.3 is 4.90 Å². The third-order valence-electron chi connectivity index (χ3n) is 4.39. The fraction of sp³-hybridized carbons (Fsp3) is 0.474. The summed E-state index contributed by atoms with van der Waals surface area (Å²) in [5, 5.41) is 2.78. The molecule has 0 aliphatic rings. The van der Waals surface area contributed by atoms with Crippen molar-refractivity contribution in [2.24, 2.45) is 5.92 Å². The second-order valence-electron chi connectivity index (χ2n) is 6.10. The molecule has 0 radical (unpaired) electrons. The highest BCUT2D eigenvalue weighted by molar-refractivity contribution is 5.86. The Bertz CT molecular complexity index is 539. The van der Waals surface area contributed by atoms with Gasteiger partial charge in [-0.1, -0.05) is 63.2 Å². The molecule has 0 saturated carbocycles. The SMILES string of the molecule is CCN(C)CC[C@H](c1cccc2ccccc12)C(C)C. The van der Waals surface area contributed by atoms with Crippen molar-refractivity contribution in [2.45, 2.75) is 33.1 Å². The summed E-state index contributed by atoms with van der Waals surface area (Å²) >= 11 is 0. The van der Waals surface area contributed by atoms with Gasteiger partial charge in [0, 0.05) is 0 Å². The predicted octanol–water partition coefficient (Wildman–Crippen LogP) is 4.92. The molecule has 0 aliphatic heterocycles. The van der Waals surface area contributed by atoms with E-state index in [2.05, 4.69) is 75.2 Å². The average Bonchev–Trinajstić information content (AvgIpc) is 2.47. The summed E-state index contributed by atoms with van der Waals surface area (Å²) in [5.74, 6) is 1.31. The second kappa shape index (κ2) is 6.90. The van der Waals surface area contributed by atoms with Gasteiger partial charge in [0.05, 0.1) is 0 Å². The lowest BCUT2D eigenvalue weighted by atomic mass is 9.83. The van der Waals surface area contributed by atoms with Crippen molar-refractivity contribution in [1.29, 1.82) is 0 Å². The van der Waals surface area contributed by atoms with Crippen LogP contribution >= 0.6 is 0 Å². The Labute approximate surface area is 123 Å². The maximum Gasteiger partial charge on any atom is -0.00160 e. The van der Waals surface area contributed by atoms with Gasteiger partial charge in [0.15, 0.2) is 0 Å². The number of hydrogen-bond donors (Lipinski definition) is 0. The van der Waals surface area contributed by atoms with E-state index in [9.17, 15) is 0 Å². The van der Waals surface area contributed by atoms with Gasteiger partial charge in [0.2, 0.25) is 0 Å². The molecule has 2 rings (SSSR count). The minimum atomic E-state index is 0.634. The van der Waals surface area contributed by atoms with Crippen LogP contribution in [0.5, 0.6) is 0 Å². The van der Waals surface area contributed by atoms with E-state index in [1.165, 1.54) is 29.3 Å². The van der Waals surface area contributed by atoms with E-state index in [0.29, 0.717) is 11.8 Å². The number of fused-ring (bicyclic) bond motifs is 1. The van der Waals surface area contributed by atoms with Crippen molar-refractivity contribution in [3.05, 3.63) is 48.0 Å². The molecule has 1 nitrogen and oxygen atoms in total. The normalized spacial score (nSPS) is 13.3. The fourth-order valence-electron chi connectivity index (χ4n) is 2.94. The van der Waals surface area contributed by atoms with Crippen LogP contribution in [0.25, 0.3) is 10.8 Å². The maximum atomic E-state index is 2.40. The average molecular weight is 269 g/mol. The molecular formula is C19H27N. The van der Waals surface area contributed by atoms with E-state index >= 15 is 0 Å². The molecule has 0 unspecified atom stereocenters. The monoisotopic (exact) mass is 269 g/mol. The Kier molecular flexibility index (Phi) is 5.19. The van der Waals surface area contributed by atoms with Crippen molar-refractivity contribution < 1.29 is 0 Å². The lowest BCUT2D eigenvalue weighted by Gasteiger charge is -2.25. The van der Waals surface area contributed by atoms with E-state index in [-0.39, 0.29) is 0 Å². The van der Waals surface area contributed by atoms with Crippen LogP contribution in [0, 0.1) is 5.92 Å². The lowest BCUT2D eigenvalue weighted by molar-refractivity contribution is 0.316. The molecule has 0 spiro atoms. The molecular weight excluding hydrogens is 242 g/mol. The Morgan fingerprint density at radius 3 is 2.40 bits per heavy atom. The summed E-state index contributed by atoms with van der Waals surface area (Å²) in [5.41, 5.74) is 1.52. The number of benzene rings is 2. The van der Waals surface area contributed by atoms with Crippen LogP contribution < -0.4 is 0 Å². The smallest absolute Gasteiger partial charge is 0.00160 e. The van der Waals surface area contributed by atoms with Crippen molar-refractivity contribution in [1.82, 2.24) is 4.90 Å². The molecule has 0 aliphatic carbocycles. The quantitative estimate of drug-likeness (QED) is 0.719.